The highest BCUT2D eigenvalue weighted by molar-refractivity contribution is 7.99. The number of hydrogen-bond donors (Lipinski definition) is 2. The van der Waals surface area contributed by atoms with Crippen LogP contribution in [0.4, 0.5) is 10.1 Å². The van der Waals surface area contributed by atoms with Crippen molar-refractivity contribution in [3.63, 3.8) is 0 Å². The average molecular weight is 371 g/mol. The molecule has 0 bridgehead atoms. The molecular weight excluding hydrogens is 353 g/mol. The fraction of sp³-hybridized carbons (Fsp3) is 0.167. The number of hydrogen-bond acceptors (Lipinski definition) is 5. The van der Waals surface area contributed by atoms with Crippen LogP contribution in [0.15, 0.2) is 53.7 Å². The molecule has 1 amide bonds. The van der Waals surface area contributed by atoms with E-state index in [0.29, 0.717) is 5.16 Å². The number of carbonyl (C=O) groups is 1. The Morgan fingerprint density at radius 2 is 2.04 bits per heavy atom. The second kappa shape index (κ2) is 8.01. The van der Waals surface area contributed by atoms with Gasteiger partial charge in [-0.25, -0.2) is 9.07 Å². The fourth-order valence-electron chi connectivity index (χ4n) is 2.40. The van der Waals surface area contributed by atoms with Crippen molar-refractivity contribution in [2.75, 3.05) is 16.9 Å². The van der Waals surface area contributed by atoms with Crippen LogP contribution < -0.4 is 11.2 Å². The summed E-state index contributed by atoms with van der Waals surface area (Å²) in [5.74, 6) is 5.66. The van der Waals surface area contributed by atoms with E-state index in [1.54, 1.807) is 18.2 Å². The van der Waals surface area contributed by atoms with Crippen molar-refractivity contribution in [3.05, 3.63) is 59.9 Å². The van der Waals surface area contributed by atoms with Crippen LogP contribution in [0.5, 0.6) is 0 Å². The SMILES string of the molecule is CCc1cccc(NC(=O)CSc2nnc(-c3ccccc3F)n2N)c1. The number of benzene rings is 2. The molecule has 2 aromatic carbocycles. The van der Waals surface area contributed by atoms with Gasteiger partial charge in [0.1, 0.15) is 5.82 Å². The van der Waals surface area contributed by atoms with Crippen molar-refractivity contribution < 1.29 is 9.18 Å². The van der Waals surface area contributed by atoms with Crippen LogP contribution >= 0.6 is 11.8 Å². The van der Waals surface area contributed by atoms with Gasteiger partial charge in [0.2, 0.25) is 11.1 Å². The molecule has 0 aliphatic rings. The zero-order valence-electron chi connectivity index (χ0n) is 14.1. The van der Waals surface area contributed by atoms with Gasteiger partial charge >= 0.3 is 0 Å². The molecule has 26 heavy (non-hydrogen) atoms. The summed E-state index contributed by atoms with van der Waals surface area (Å²) < 4.78 is 15.1. The Labute approximate surface area is 154 Å². The van der Waals surface area contributed by atoms with Crippen molar-refractivity contribution in [3.8, 4) is 11.4 Å². The fourth-order valence-corrected chi connectivity index (χ4v) is 3.05. The Morgan fingerprint density at radius 3 is 2.81 bits per heavy atom. The lowest BCUT2D eigenvalue weighted by Crippen LogP contribution is -2.16. The number of nitrogens with two attached hydrogens (primary N) is 1. The zero-order valence-corrected chi connectivity index (χ0v) is 15.0. The molecule has 0 aliphatic heterocycles. The van der Waals surface area contributed by atoms with Crippen LogP contribution in [-0.2, 0) is 11.2 Å². The zero-order chi connectivity index (χ0) is 18.5. The number of anilines is 1. The molecule has 0 saturated carbocycles. The number of rotatable bonds is 6. The molecular formula is C18H18FN5OS. The summed E-state index contributed by atoms with van der Waals surface area (Å²) in [5.41, 5.74) is 2.15. The van der Waals surface area contributed by atoms with E-state index in [9.17, 15) is 9.18 Å². The number of nitrogens with zero attached hydrogens (tertiary/aromatic N) is 3. The molecule has 0 atom stereocenters. The first-order valence-electron chi connectivity index (χ1n) is 8.05. The van der Waals surface area contributed by atoms with Gasteiger partial charge in [0.05, 0.1) is 11.3 Å². The summed E-state index contributed by atoms with van der Waals surface area (Å²) in [4.78, 5) is 12.1. The van der Waals surface area contributed by atoms with Gasteiger partial charge in [0.25, 0.3) is 0 Å². The second-order valence-electron chi connectivity index (χ2n) is 5.55. The summed E-state index contributed by atoms with van der Waals surface area (Å²) in [6, 6.07) is 13.9. The lowest BCUT2D eigenvalue weighted by Gasteiger charge is -2.07. The van der Waals surface area contributed by atoms with E-state index in [4.69, 9.17) is 5.84 Å². The lowest BCUT2D eigenvalue weighted by atomic mass is 10.1. The van der Waals surface area contributed by atoms with Crippen LogP contribution in [0.25, 0.3) is 11.4 Å². The number of aromatic nitrogens is 3. The molecule has 0 radical (unpaired) electrons. The van der Waals surface area contributed by atoms with Gasteiger partial charge in [-0.1, -0.05) is 43.0 Å². The van der Waals surface area contributed by atoms with Crippen LogP contribution in [0.2, 0.25) is 0 Å². The van der Waals surface area contributed by atoms with Crippen molar-refractivity contribution in [1.29, 1.82) is 0 Å². The molecule has 1 heterocycles. The summed E-state index contributed by atoms with van der Waals surface area (Å²) in [6.07, 6.45) is 0.896. The number of halogens is 1. The minimum Gasteiger partial charge on any atom is -0.335 e. The van der Waals surface area contributed by atoms with Crippen molar-refractivity contribution in [2.24, 2.45) is 0 Å². The van der Waals surface area contributed by atoms with Crippen LogP contribution in [0.3, 0.4) is 0 Å². The number of carbonyl (C=O) groups excluding carboxylic acids is 1. The lowest BCUT2D eigenvalue weighted by molar-refractivity contribution is -0.113. The predicted octanol–water partition coefficient (Wildman–Crippen LogP) is 3.09. The minimum absolute atomic E-state index is 0.114. The molecule has 8 heteroatoms. The number of thioether (sulfide) groups is 1. The van der Waals surface area contributed by atoms with Gasteiger partial charge in [0.15, 0.2) is 5.82 Å². The molecule has 0 unspecified atom stereocenters. The number of amides is 1. The van der Waals surface area contributed by atoms with Crippen LogP contribution in [-0.4, -0.2) is 26.5 Å². The Bertz CT molecular complexity index is 927. The molecule has 3 aromatic rings. The molecule has 3 rings (SSSR count). The first kappa shape index (κ1) is 17.9. The molecule has 1 aromatic heterocycles. The molecule has 0 fully saturated rings. The third-order valence-corrected chi connectivity index (χ3v) is 4.67. The largest absolute Gasteiger partial charge is 0.335 e. The van der Waals surface area contributed by atoms with E-state index in [1.165, 1.54) is 10.7 Å². The average Bonchev–Trinajstić information content (AvgIpc) is 3.01. The van der Waals surface area contributed by atoms with E-state index in [2.05, 4.69) is 22.4 Å². The van der Waals surface area contributed by atoms with E-state index < -0.39 is 5.82 Å². The topological polar surface area (TPSA) is 85.8 Å². The highest BCUT2D eigenvalue weighted by atomic mass is 32.2. The Morgan fingerprint density at radius 1 is 1.23 bits per heavy atom. The highest BCUT2D eigenvalue weighted by Gasteiger charge is 2.16. The van der Waals surface area contributed by atoms with Crippen LogP contribution in [0, 0.1) is 5.82 Å². The molecule has 3 N–H and O–H groups in total. The summed E-state index contributed by atoms with van der Waals surface area (Å²) >= 11 is 1.14. The first-order chi connectivity index (χ1) is 12.6. The van der Waals surface area contributed by atoms with Gasteiger partial charge in [-0.15, -0.1) is 10.2 Å². The Hall–Kier alpha value is -2.87. The van der Waals surface area contributed by atoms with Gasteiger partial charge in [-0.05, 0) is 36.2 Å². The number of aryl methyl sites for hydroxylation is 1. The van der Waals surface area contributed by atoms with E-state index >= 15 is 0 Å². The Kier molecular flexibility index (Phi) is 5.52. The molecule has 6 nitrogen and oxygen atoms in total. The van der Waals surface area contributed by atoms with Gasteiger partial charge < -0.3 is 11.2 Å². The van der Waals surface area contributed by atoms with Gasteiger partial charge in [-0.2, -0.15) is 0 Å². The smallest absolute Gasteiger partial charge is 0.234 e. The molecule has 0 saturated heterocycles. The maximum atomic E-state index is 13.9. The minimum atomic E-state index is -0.434. The number of nitrogen functional groups attached to an aromatic ring is 1. The monoisotopic (exact) mass is 371 g/mol. The van der Waals surface area contributed by atoms with E-state index in [0.717, 1.165) is 29.4 Å². The van der Waals surface area contributed by atoms with Crippen LogP contribution in [0.1, 0.15) is 12.5 Å². The van der Waals surface area contributed by atoms with Gasteiger partial charge in [-0.3, -0.25) is 4.79 Å². The quantitative estimate of drug-likeness (QED) is 0.514. The first-order valence-corrected chi connectivity index (χ1v) is 9.04. The third-order valence-electron chi connectivity index (χ3n) is 3.73. The molecule has 134 valence electrons. The van der Waals surface area contributed by atoms with Crippen molar-refractivity contribution in [2.45, 2.75) is 18.5 Å². The highest BCUT2D eigenvalue weighted by Crippen LogP contribution is 2.23. The van der Waals surface area contributed by atoms with Crippen molar-refractivity contribution in [1.82, 2.24) is 14.9 Å². The van der Waals surface area contributed by atoms with E-state index in [-0.39, 0.29) is 23.0 Å². The van der Waals surface area contributed by atoms with Crippen molar-refractivity contribution >= 4 is 23.4 Å². The number of nitrogens with one attached hydrogen (secondary N) is 1. The summed E-state index contributed by atoms with van der Waals surface area (Å²) in [7, 11) is 0. The normalized spacial score (nSPS) is 10.7. The summed E-state index contributed by atoms with van der Waals surface area (Å²) in [6.45, 7) is 2.05. The van der Waals surface area contributed by atoms with E-state index in [1.807, 2.05) is 24.3 Å². The standard InChI is InChI=1S/C18H18FN5OS/c1-2-12-6-5-7-13(10-12)21-16(25)11-26-18-23-22-17(24(18)20)14-8-3-4-9-15(14)19/h3-10H,2,11,20H2,1H3,(H,21,25). The predicted molar refractivity (Wildman–Crippen MR) is 101 cm³/mol. The summed E-state index contributed by atoms with van der Waals surface area (Å²) in [5, 5.41) is 11.0. The second-order valence-corrected chi connectivity index (χ2v) is 6.49. The Balaban J connectivity index is 1.65. The molecule has 0 spiro atoms. The molecule has 0 aliphatic carbocycles. The maximum Gasteiger partial charge on any atom is 0.234 e. The maximum absolute atomic E-state index is 13.9. The third kappa shape index (κ3) is 4.02. The van der Waals surface area contributed by atoms with Gasteiger partial charge in [0, 0.05) is 5.69 Å².